The topological polar surface area (TPSA) is 118 Å². The lowest BCUT2D eigenvalue weighted by Crippen LogP contribution is -2.33. The van der Waals surface area contributed by atoms with Gasteiger partial charge in [-0.3, -0.25) is 4.79 Å². The van der Waals surface area contributed by atoms with Crippen molar-refractivity contribution in [2.24, 2.45) is 5.92 Å². The number of amides is 1. The Morgan fingerprint density at radius 1 is 0.979 bits per heavy atom. The largest absolute Gasteiger partial charge is 0.473 e. The Balaban J connectivity index is 1.27. The summed E-state index contributed by atoms with van der Waals surface area (Å²) in [5, 5.41) is 4.26. The number of anilines is 2. The SMILES string of the molecule is Cc1ccccc1S(=O)(=O)NC(=O)c1cccc(-c2nc(-c3ccc(N(C)CCC(C)C)c(N4COc5ccccc5C4)c3)no2)c1. The Labute approximate surface area is 275 Å². The van der Waals surface area contributed by atoms with E-state index in [1.54, 1.807) is 37.3 Å². The highest BCUT2D eigenvalue weighted by molar-refractivity contribution is 7.90. The fourth-order valence-electron chi connectivity index (χ4n) is 5.48. The second-order valence-electron chi connectivity index (χ2n) is 12.1. The predicted molar refractivity (Wildman–Crippen MR) is 182 cm³/mol. The quantitative estimate of drug-likeness (QED) is 0.177. The number of aryl methyl sites for hydroxylation is 1. The van der Waals surface area contributed by atoms with Gasteiger partial charge in [-0.1, -0.05) is 61.5 Å². The molecule has 242 valence electrons. The van der Waals surface area contributed by atoms with Crippen LogP contribution in [0.4, 0.5) is 11.4 Å². The molecule has 0 atom stereocenters. The van der Waals surface area contributed by atoms with Crippen molar-refractivity contribution in [2.45, 2.75) is 38.6 Å². The Hall–Kier alpha value is -5.16. The first kappa shape index (κ1) is 31.8. The van der Waals surface area contributed by atoms with Crippen molar-refractivity contribution in [1.82, 2.24) is 14.9 Å². The molecule has 4 aromatic carbocycles. The molecule has 47 heavy (non-hydrogen) atoms. The molecule has 11 heteroatoms. The molecule has 0 saturated heterocycles. The van der Waals surface area contributed by atoms with Crippen molar-refractivity contribution in [1.29, 1.82) is 0 Å². The Morgan fingerprint density at radius 2 is 1.77 bits per heavy atom. The number of aromatic nitrogens is 2. The van der Waals surface area contributed by atoms with Crippen LogP contribution in [-0.4, -0.2) is 44.8 Å². The summed E-state index contributed by atoms with van der Waals surface area (Å²) in [7, 11) is -1.96. The Bertz CT molecular complexity index is 2020. The third-order valence-electron chi connectivity index (χ3n) is 8.15. The van der Waals surface area contributed by atoms with E-state index in [2.05, 4.69) is 57.7 Å². The summed E-state index contributed by atoms with van der Waals surface area (Å²) < 4.78 is 39.7. The highest BCUT2D eigenvalue weighted by Crippen LogP contribution is 2.37. The van der Waals surface area contributed by atoms with Crippen LogP contribution in [-0.2, 0) is 16.6 Å². The zero-order valence-electron chi connectivity index (χ0n) is 26.8. The van der Waals surface area contributed by atoms with E-state index >= 15 is 0 Å². The first-order chi connectivity index (χ1) is 22.6. The molecule has 0 fully saturated rings. The van der Waals surface area contributed by atoms with Crippen LogP contribution in [0.15, 0.2) is 100 Å². The third kappa shape index (κ3) is 7.00. The van der Waals surface area contributed by atoms with Crippen molar-refractivity contribution < 1.29 is 22.5 Å². The monoisotopic (exact) mass is 651 g/mol. The van der Waals surface area contributed by atoms with E-state index in [0.29, 0.717) is 36.1 Å². The average molecular weight is 652 g/mol. The maximum absolute atomic E-state index is 13.0. The van der Waals surface area contributed by atoms with E-state index in [-0.39, 0.29) is 16.3 Å². The molecule has 2 heterocycles. The summed E-state index contributed by atoms with van der Waals surface area (Å²) in [5.41, 5.74) is 5.09. The molecule has 0 aliphatic carbocycles. The van der Waals surface area contributed by atoms with Gasteiger partial charge in [0.05, 0.1) is 16.3 Å². The van der Waals surface area contributed by atoms with E-state index in [9.17, 15) is 13.2 Å². The fourth-order valence-corrected chi connectivity index (χ4v) is 6.71. The molecule has 6 rings (SSSR count). The number of carbonyl (C=O) groups is 1. The number of sulfonamides is 1. The van der Waals surface area contributed by atoms with Gasteiger partial charge >= 0.3 is 0 Å². The van der Waals surface area contributed by atoms with Crippen LogP contribution < -0.4 is 19.3 Å². The van der Waals surface area contributed by atoms with Crippen LogP contribution in [0.3, 0.4) is 0 Å². The molecular formula is C36H37N5O5S. The lowest BCUT2D eigenvalue weighted by atomic mass is 10.1. The van der Waals surface area contributed by atoms with Crippen molar-refractivity contribution in [3.05, 3.63) is 108 Å². The van der Waals surface area contributed by atoms with Crippen molar-refractivity contribution in [2.75, 3.05) is 30.1 Å². The standard InChI is InChI=1S/C36H37N5O5S/c1-24(2)18-19-40(4)30-17-16-26(21-31(30)41-22-29-11-6-7-14-32(29)45-23-41)34-37-36(46-38-34)28-13-9-12-27(20-28)35(42)39-47(43,44)33-15-8-5-10-25(33)3/h5-17,20-21,24H,18-19,22-23H2,1-4H3,(H,39,42). The van der Waals surface area contributed by atoms with Crippen LogP contribution >= 0.6 is 0 Å². The number of nitrogens with zero attached hydrogens (tertiary/aromatic N) is 4. The van der Waals surface area contributed by atoms with Crippen LogP contribution in [0, 0.1) is 12.8 Å². The van der Waals surface area contributed by atoms with Crippen LogP contribution in [0.1, 0.15) is 41.8 Å². The van der Waals surface area contributed by atoms with E-state index in [1.165, 1.54) is 18.2 Å². The molecule has 0 spiro atoms. The third-order valence-corrected chi connectivity index (χ3v) is 9.64. The summed E-state index contributed by atoms with van der Waals surface area (Å²) in [6.07, 6.45) is 1.06. The normalized spacial score (nSPS) is 12.8. The predicted octanol–water partition coefficient (Wildman–Crippen LogP) is 6.67. The van der Waals surface area contributed by atoms with Crippen molar-refractivity contribution in [3.8, 4) is 28.6 Å². The van der Waals surface area contributed by atoms with Gasteiger partial charge in [0.15, 0.2) is 6.73 Å². The van der Waals surface area contributed by atoms with Crippen molar-refractivity contribution in [3.63, 3.8) is 0 Å². The van der Waals surface area contributed by atoms with E-state index in [0.717, 1.165) is 41.2 Å². The molecular weight excluding hydrogens is 614 g/mol. The minimum Gasteiger partial charge on any atom is -0.473 e. The number of carbonyl (C=O) groups excluding carboxylic acids is 1. The second-order valence-corrected chi connectivity index (χ2v) is 13.7. The van der Waals surface area contributed by atoms with Gasteiger partial charge in [-0.2, -0.15) is 4.98 Å². The number of ether oxygens (including phenoxy) is 1. The van der Waals surface area contributed by atoms with E-state index in [1.807, 2.05) is 30.3 Å². The summed E-state index contributed by atoms with van der Waals surface area (Å²) in [6.45, 7) is 8.10. The second kappa shape index (κ2) is 13.3. The summed E-state index contributed by atoms with van der Waals surface area (Å²) in [4.78, 5) is 22.2. The van der Waals surface area contributed by atoms with Crippen molar-refractivity contribution >= 4 is 27.3 Å². The minimum absolute atomic E-state index is 0.0443. The number of hydrogen-bond acceptors (Lipinski definition) is 9. The van der Waals surface area contributed by atoms with Gasteiger partial charge in [0.2, 0.25) is 5.82 Å². The molecule has 1 aliphatic heterocycles. The number of hydrogen-bond donors (Lipinski definition) is 1. The van der Waals surface area contributed by atoms with Crippen LogP contribution in [0.25, 0.3) is 22.8 Å². The number of benzene rings is 4. The molecule has 5 aromatic rings. The molecule has 1 aliphatic rings. The van der Waals surface area contributed by atoms with Crippen LogP contribution in [0.5, 0.6) is 5.75 Å². The summed E-state index contributed by atoms with van der Waals surface area (Å²) in [5.74, 6) is 1.28. The lowest BCUT2D eigenvalue weighted by molar-refractivity contribution is 0.0981. The summed E-state index contributed by atoms with van der Waals surface area (Å²) >= 11 is 0. The maximum atomic E-state index is 13.0. The Morgan fingerprint density at radius 3 is 2.57 bits per heavy atom. The van der Waals surface area contributed by atoms with Gasteiger partial charge in [0, 0.05) is 42.4 Å². The number of nitrogens with one attached hydrogen (secondary N) is 1. The van der Waals surface area contributed by atoms with Crippen LogP contribution in [0.2, 0.25) is 0 Å². The zero-order valence-corrected chi connectivity index (χ0v) is 27.6. The maximum Gasteiger partial charge on any atom is 0.265 e. The average Bonchev–Trinajstić information content (AvgIpc) is 3.57. The number of para-hydroxylation sites is 1. The van der Waals surface area contributed by atoms with Gasteiger partial charge in [-0.25, -0.2) is 13.1 Å². The molecule has 1 amide bonds. The fraction of sp³-hybridized carbons (Fsp3) is 0.250. The zero-order chi connectivity index (χ0) is 33.1. The molecule has 0 bridgehead atoms. The lowest BCUT2D eigenvalue weighted by Gasteiger charge is -2.34. The summed E-state index contributed by atoms with van der Waals surface area (Å²) in [6, 6.07) is 27.1. The first-order valence-corrected chi connectivity index (χ1v) is 17.0. The highest BCUT2D eigenvalue weighted by Gasteiger charge is 2.24. The van der Waals surface area contributed by atoms with Gasteiger partial charge in [0.1, 0.15) is 5.75 Å². The smallest absolute Gasteiger partial charge is 0.265 e. The van der Waals surface area contributed by atoms with Gasteiger partial charge in [-0.15, -0.1) is 0 Å². The van der Waals surface area contributed by atoms with Gasteiger partial charge < -0.3 is 19.1 Å². The molecule has 0 saturated carbocycles. The molecule has 0 unspecified atom stereocenters. The van der Waals surface area contributed by atoms with E-state index in [4.69, 9.17) is 9.26 Å². The van der Waals surface area contributed by atoms with Gasteiger partial charge in [0.25, 0.3) is 21.8 Å². The number of fused-ring (bicyclic) bond motifs is 1. The molecule has 0 radical (unpaired) electrons. The Kier molecular flexibility index (Phi) is 8.99. The molecule has 10 nitrogen and oxygen atoms in total. The molecule has 1 aromatic heterocycles. The number of rotatable bonds is 10. The van der Waals surface area contributed by atoms with Gasteiger partial charge in [-0.05, 0) is 73.4 Å². The minimum atomic E-state index is -4.06. The first-order valence-electron chi connectivity index (χ1n) is 15.5. The highest BCUT2D eigenvalue weighted by atomic mass is 32.2. The molecule has 1 N–H and O–H groups in total. The van der Waals surface area contributed by atoms with E-state index < -0.39 is 15.9 Å².